The summed E-state index contributed by atoms with van der Waals surface area (Å²) in [5, 5.41) is 11.3. The molecule has 204 valence electrons. The van der Waals surface area contributed by atoms with Crippen molar-refractivity contribution in [2.75, 3.05) is 6.66 Å². The van der Waals surface area contributed by atoms with Crippen LogP contribution in [0.1, 0.15) is 0 Å². The molecule has 0 aliphatic heterocycles. The average molecular weight is 569 g/mol. The Morgan fingerprint density at radius 2 is 0.814 bits per heavy atom. The molecule has 0 N–H and O–H groups in total. The van der Waals surface area contributed by atoms with E-state index in [1.54, 1.807) is 0 Å². The monoisotopic (exact) mass is 568 g/mol. The van der Waals surface area contributed by atoms with Gasteiger partial charge in [0.25, 0.3) is 0 Å². The molecule has 8 aromatic carbocycles. The molecule has 8 rings (SSSR count). The molecule has 1 atom stereocenters. The van der Waals surface area contributed by atoms with Crippen LogP contribution in [-0.2, 0) is 4.57 Å². The Morgan fingerprint density at radius 1 is 0.372 bits per heavy atom. The van der Waals surface area contributed by atoms with Crippen molar-refractivity contribution in [1.82, 2.24) is 0 Å². The second kappa shape index (κ2) is 10.1. The van der Waals surface area contributed by atoms with Gasteiger partial charge in [0.15, 0.2) is 0 Å². The predicted octanol–water partition coefficient (Wildman–Crippen LogP) is 10.6. The van der Waals surface area contributed by atoms with Crippen molar-refractivity contribution in [3.8, 4) is 22.3 Å². The quantitative estimate of drug-likeness (QED) is 0.152. The van der Waals surface area contributed by atoms with Crippen molar-refractivity contribution >= 4 is 60.8 Å². The lowest BCUT2D eigenvalue weighted by Gasteiger charge is -2.20. The van der Waals surface area contributed by atoms with Gasteiger partial charge in [0, 0.05) is 10.6 Å². The Balaban J connectivity index is 1.36. The van der Waals surface area contributed by atoms with Crippen LogP contribution >= 0.6 is 7.14 Å². The molecule has 0 amide bonds. The molecule has 1 unspecified atom stereocenters. The lowest BCUT2D eigenvalue weighted by Crippen LogP contribution is -2.15. The predicted molar refractivity (Wildman–Crippen MR) is 187 cm³/mol. The summed E-state index contributed by atoms with van der Waals surface area (Å²) < 4.78 is 14.5. The van der Waals surface area contributed by atoms with Crippen LogP contribution in [0.25, 0.3) is 65.3 Å². The first-order valence-corrected chi connectivity index (χ1v) is 16.8. The molecule has 43 heavy (non-hydrogen) atoms. The first-order chi connectivity index (χ1) is 21.1. The molecule has 0 saturated carbocycles. The maximum atomic E-state index is 14.5. The fraction of sp³-hybridized carbons (Fsp3) is 0.0244. The summed E-state index contributed by atoms with van der Waals surface area (Å²) in [4.78, 5) is 0. The smallest absolute Gasteiger partial charge is 0.140 e. The molecule has 0 spiro atoms. The molecule has 1 nitrogen and oxygen atoms in total. The van der Waals surface area contributed by atoms with E-state index < -0.39 is 7.14 Å². The van der Waals surface area contributed by atoms with Crippen LogP contribution in [0, 0.1) is 0 Å². The van der Waals surface area contributed by atoms with E-state index in [0.29, 0.717) is 0 Å². The Labute approximate surface area is 251 Å². The molecule has 0 heterocycles. The molecular weight excluding hydrogens is 539 g/mol. The van der Waals surface area contributed by atoms with Crippen LogP contribution in [0.2, 0.25) is 0 Å². The maximum absolute atomic E-state index is 14.5. The van der Waals surface area contributed by atoms with Gasteiger partial charge in [0.05, 0.1) is 0 Å². The highest BCUT2D eigenvalue weighted by Gasteiger charge is 2.23. The Kier molecular flexibility index (Phi) is 6.03. The minimum Gasteiger partial charge on any atom is -0.314 e. The number of hydrogen-bond donors (Lipinski definition) is 0. The van der Waals surface area contributed by atoms with Crippen LogP contribution in [0.5, 0.6) is 0 Å². The molecule has 0 fully saturated rings. The van der Waals surface area contributed by atoms with Gasteiger partial charge in [-0.2, -0.15) is 0 Å². The van der Waals surface area contributed by atoms with Gasteiger partial charge in [-0.05, 0) is 90.2 Å². The molecule has 0 radical (unpaired) electrons. The third kappa shape index (κ3) is 4.28. The number of fused-ring (bicyclic) bond motifs is 4. The summed E-state index contributed by atoms with van der Waals surface area (Å²) in [6.45, 7) is 1.90. The van der Waals surface area contributed by atoms with Gasteiger partial charge in [0.1, 0.15) is 7.14 Å². The van der Waals surface area contributed by atoms with Gasteiger partial charge >= 0.3 is 0 Å². The van der Waals surface area contributed by atoms with E-state index in [1.165, 1.54) is 49.0 Å². The molecule has 2 heteroatoms. The fourth-order valence-electron chi connectivity index (χ4n) is 6.61. The fourth-order valence-corrected chi connectivity index (χ4v) is 8.41. The zero-order valence-corrected chi connectivity index (χ0v) is 24.8. The van der Waals surface area contributed by atoms with Crippen molar-refractivity contribution in [1.29, 1.82) is 0 Å². The van der Waals surface area contributed by atoms with Gasteiger partial charge in [-0.1, -0.05) is 140 Å². The molecule has 0 aliphatic rings. The zero-order valence-electron chi connectivity index (χ0n) is 23.9. The van der Waals surface area contributed by atoms with Gasteiger partial charge in [-0.15, -0.1) is 0 Å². The molecule has 0 aromatic heterocycles. The maximum Gasteiger partial charge on any atom is 0.140 e. The Bertz CT molecular complexity index is 2340. The third-order valence-electron chi connectivity index (χ3n) is 8.82. The minimum absolute atomic E-state index is 0.868. The van der Waals surface area contributed by atoms with E-state index in [4.69, 9.17) is 0 Å². The topological polar surface area (TPSA) is 17.1 Å². The highest BCUT2D eigenvalue weighted by atomic mass is 31.2. The lowest BCUT2D eigenvalue weighted by molar-refractivity contribution is 0.590. The SMILES string of the molecule is CP(=O)(c1cccc(-c2c3ccccc3c(-c3ccc4ccccc4c3)c3ccccc23)c1)c1ccc2ccccc2c1. The van der Waals surface area contributed by atoms with Crippen molar-refractivity contribution in [2.24, 2.45) is 0 Å². The van der Waals surface area contributed by atoms with Crippen molar-refractivity contribution in [2.45, 2.75) is 0 Å². The highest BCUT2D eigenvalue weighted by Crippen LogP contribution is 2.45. The van der Waals surface area contributed by atoms with E-state index in [0.717, 1.165) is 26.9 Å². The van der Waals surface area contributed by atoms with E-state index in [-0.39, 0.29) is 0 Å². The number of hydrogen-bond acceptors (Lipinski definition) is 1. The van der Waals surface area contributed by atoms with Gasteiger partial charge < -0.3 is 4.57 Å². The van der Waals surface area contributed by atoms with Crippen molar-refractivity contribution < 1.29 is 4.57 Å². The summed E-state index contributed by atoms with van der Waals surface area (Å²) in [6.07, 6.45) is 0. The molecule has 8 aromatic rings. The second-order valence-corrected chi connectivity index (χ2v) is 14.3. The highest BCUT2D eigenvalue weighted by molar-refractivity contribution is 7.78. The first kappa shape index (κ1) is 25.7. The largest absolute Gasteiger partial charge is 0.314 e. The second-order valence-electron chi connectivity index (χ2n) is 11.4. The van der Waals surface area contributed by atoms with Gasteiger partial charge in [-0.3, -0.25) is 0 Å². The van der Waals surface area contributed by atoms with Crippen LogP contribution in [0.4, 0.5) is 0 Å². The normalized spacial score (nSPS) is 13.0. The molecule has 0 saturated heterocycles. The van der Waals surface area contributed by atoms with Crippen LogP contribution in [-0.4, -0.2) is 6.66 Å². The molecule has 0 bridgehead atoms. The Morgan fingerprint density at radius 3 is 1.40 bits per heavy atom. The number of rotatable bonds is 4. The van der Waals surface area contributed by atoms with Gasteiger partial charge in [0.2, 0.25) is 0 Å². The molecule has 0 aliphatic carbocycles. The van der Waals surface area contributed by atoms with Gasteiger partial charge in [-0.25, -0.2) is 0 Å². The van der Waals surface area contributed by atoms with E-state index >= 15 is 0 Å². The number of benzene rings is 8. The average Bonchev–Trinajstić information content (AvgIpc) is 3.06. The van der Waals surface area contributed by atoms with Crippen molar-refractivity contribution in [3.63, 3.8) is 0 Å². The molecular formula is C41H29OP. The van der Waals surface area contributed by atoms with Crippen LogP contribution in [0.3, 0.4) is 0 Å². The lowest BCUT2D eigenvalue weighted by atomic mass is 9.85. The summed E-state index contributed by atoms with van der Waals surface area (Å²) in [7, 11) is -2.85. The minimum atomic E-state index is -2.85. The van der Waals surface area contributed by atoms with E-state index in [2.05, 4.69) is 133 Å². The zero-order chi connectivity index (χ0) is 29.0. The third-order valence-corrected chi connectivity index (χ3v) is 11.4. The summed E-state index contributed by atoms with van der Waals surface area (Å²) in [6, 6.07) is 55.6. The summed E-state index contributed by atoms with van der Waals surface area (Å²) >= 11 is 0. The summed E-state index contributed by atoms with van der Waals surface area (Å²) in [5.41, 5.74) is 4.71. The Hall–Kier alpha value is -4.97. The van der Waals surface area contributed by atoms with Crippen LogP contribution < -0.4 is 10.6 Å². The first-order valence-electron chi connectivity index (χ1n) is 14.7. The van der Waals surface area contributed by atoms with E-state index in [9.17, 15) is 4.57 Å². The summed E-state index contributed by atoms with van der Waals surface area (Å²) in [5.74, 6) is 0. The van der Waals surface area contributed by atoms with E-state index in [1.807, 2.05) is 30.9 Å². The van der Waals surface area contributed by atoms with Crippen LogP contribution in [0.15, 0.2) is 158 Å². The standard InChI is InChI=1S/C41H29OP/c1-43(42,35-24-23-29-12-3-5-14-31(29)26-35)34-16-10-15-32(27-34)40-36-17-6-8-19-38(36)41(39-20-9-7-18-37(39)40)33-22-21-28-11-2-4-13-30(28)25-33/h2-27H,1H3. The van der Waals surface area contributed by atoms with Crippen molar-refractivity contribution in [3.05, 3.63) is 158 Å².